The molecule has 0 aliphatic carbocycles. The molecule has 5 aromatic rings. The summed E-state index contributed by atoms with van der Waals surface area (Å²) in [7, 11) is 0. The van der Waals surface area contributed by atoms with Crippen molar-refractivity contribution in [3.63, 3.8) is 0 Å². The molecule has 186 valence electrons. The van der Waals surface area contributed by atoms with Crippen LogP contribution in [0.15, 0.2) is 72.9 Å². The standard InChI is InChI=1S/C29H26N4O4/c30-29-23-6-3-5-21(22(23)10-12-31-29)18-8-9-26-24(14-18)25(32-33(26)20-11-13-36-16-20)17-37-27-7-2-1-4-19(27)15-28(34)35/h1-10,12,14,20H,11,13,15-17H2,(H2,30,31)(H,34,35)/t20-/m1/s1. The molecule has 3 heterocycles. The lowest BCUT2D eigenvalue weighted by atomic mass is 9.97. The second-order valence-corrected chi connectivity index (χ2v) is 9.20. The number of carboxylic acids is 1. The Morgan fingerprint density at radius 1 is 1.08 bits per heavy atom. The van der Waals surface area contributed by atoms with Crippen LogP contribution in [0.25, 0.3) is 32.8 Å². The molecule has 0 radical (unpaired) electrons. The van der Waals surface area contributed by atoms with E-state index in [4.69, 9.17) is 20.3 Å². The van der Waals surface area contributed by atoms with Gasteiger partial charge in [-0.05, 0) is 47.2 Å². The zero-order valence-electron chi connectivity index (χ0n) is 20.1. The van der Waals surface area contributed by atoms with Crippen molar-refractivity contribution >= 4 is 33.5 Å². The zero-order chi connectivity index (χ0) is 25.4. The van der Waals surface area contributed by atoms with Gasteiger partial charge in [-0.3, -0.25) is 9.48 Å². The van der Waals surface area contributed by atoms with E-state index in [1.807, 2.05) is 35.0 Å². The topological polar surface area (TPSA) is 112 Å². The number of ether oxygens (including phenoxy) is 2. The van der Waals surface area contributed by atoms with Gasteiger partial charge in [-0.15, -0.1) is 0 Å². The second-order valence-electron chi connectivity index (χ2n) is 9.20. The van der Waals surface area contributed by atoms with E-state index in [2.05, 4.69) is 29.2 Å². The van der Waals surface area contributed by atoms with Crippen molar-refractivity contribution < 1.29 is 19.4 Å². The maximum atomic E-state index is 11.3. The van der Waals surface area contributed by atoms with Crippen molar-refractivity contribution in [2.75, 3.05) is 18.9 Å². The van der Waals surface area contributed by atoms with Gasteiger partial charge >= 0.3 is 5.97 Å². The highest BCUT2D eigenvalue weighted by Gasteiger charge is 2.23. The van der Waals surface area contributed by atoms with Crippen LogP contribution in [0.1, 0.15) is 23.7 Å². The first-order valence-electron chi connectivity index (χ1n) is 12.2. The van der Waals surface area contributed by atoms with Crippen LogP contribution in [0.2, 0.25) is 0 Å². The fourth-order valence-electron chi connectivity index (χ4n) is 5.05. The number of nitrogen functional groups attached to an aromatic ring is 1. The van der Waals surface area contributed by atoms with Gasteiger partial charge in [0.1, 0.15) is 23.9 Å². The fraction of sp³-hybridized carbons (Fsp3) is 0.207. The van der Waals surface area contributed by atoms with Gasteiger partial charge in [0.15, 0.2) is 0 Å². The van der Waals surface area contributed by atoms with E-state index in [0.29, 0.717) is 30.3 Å². The predicted octanol–water partition coefficient (Wildman–Crippen LogP) is 5.00. The minimum absolute atomic E-state index is 0.103. The summed E-state index contributed by atoms with van der Waals surface area (Å²) in [6.07, 6.45) is 2.52. The molecule has 1 aliphatic rings. The lowest BCUT2D eigenvalue weighted by Gasteiger charge is -2.11. The van der Waals surface area contributed by atoms with Crippen molar-refractivity contribution in [2.24, 2.45) is 0 Å². The summed E-state index contributed by atoms with van der Waals surface area (Å²) >= 11 is 0. The molecule has 0 saturated carbocycles. The average Bonchev–Trinajstić information content (AvgIpc) is 3.56. The first kappa shape index (κ1) is 23.0. The smallest absolute Gasteiger partial charge is 0.307 e. The number of nitrogens with zero attached hydrogens (tertiary/aromatic N) is 3. The number of aromatic nitrogens is 3. The molecule has 1 saturated heterocycles. The van der Waals surface area contributed by atoms with E-state index >= 15 is 0 Å². The number of benzene rings is 3. The third-order valence-electron chi connectivity index (χ3n) is 6.86. The van der Waals surface area contributed by atoms with E-state index in [9.17, 15) is 9.90 Å². The van der Waals surface area contributed by atoms with Crippen LogP contribution in [-0.4, -0.2) is 39.1 Å². The Morgan fingerprint density at radius 2 is 1.97 bits per heavy atom. The molecule has 0 amide bonds. The van der Waals surface area contributed by atoms with Crippen molar-refractivity contribution in [3.8, 4) is 16.9 Å². The highest BCUT2D eigenvalue weighted by atomic mass is 16.5. The van der Waals surface area contributed by atoms with E-state index in [1.54, 1.807) is 18.3 Å². The number of fused-ring (bicyclic) bond motifs is 2. The van der Waals surface area contributed by atoms with E-state index < -0.39 is 5.97 Å². The van der Waals surface area contributed by atoms with Crippen LogP contribution in [0.4, 0.5) is 5.82 Å². The largest absolute Gasteiger partial charge is 0.487 e. The number of hydrogen-bond acceptors (Lipinski definition) is 6. The van der Waals surface area contributed by atoms with Crippen molar-refractivity contribution in [3.05, 3.63) is 84.2 Å². The Bertz CT molecular complexity index is 1620. The third kappa shape index (κ3) is 4.36. The molecule has 37 heavy (non-hydrogen) atoms. The number of carboxylic acid groups (broad SMARTS) is 1. The molecule has 1 atom stereocenters. The molecule has 0 spiro atoms. The highest BCUT2D eigenvalue weighted by molar-refractivity contribution is 6.02. The molecule has 0 unspecified atom stereocenters. The number of hydrogen-bond donors (Lipinski definition) is 2. The molecular formula is C29H26N4O4. The first-order chi connectivity index (χ1) is 18.1. The summed E-state index contributed by atoms with van der Waals surface area (Å²) < 4.78 is 13.8. The number of para-hydroxylation sites is 1. The van der Waals surface area contributed by atoms with Gasteiger partial charge in [0.25, 0.3) is 0 Å². The zero-order valence-corrected chi connectivity index (χ0v) is 20.1. The normalized spacial score (nSPS) is 15.4. The Kier molecular flexibility index (Phi) is 5.94. The molecule has 6 rings (SSSR count). The Labute approximate surface area is 213 Å². The summed E-state index contributed by atoms with van der Waals surface area (Å²) in [6.45, 7) is 1.55. The maximum Gasteiger partial charge on any atom is 0.307 e. The van der Waals surface area contributed by atoms with Crippen molar-refractivity contribution in [1.29, 1.82) is 0 Å². The quantitative estimate of drug-likeness (QED) is 0.327. The average molecular weight is 495 g/mol. The van der Waals surface area contributed by atoms with Gasteiger partial charge < -0.3 is 20.3 Å². The number of aliphatic carboxylic acids is 1. The molecule has 8 heteroatoms. The second kappa shape index (κ2) is 9.55. The number of rotatable bonds is 7. The molecule has 8 nitrogen and oxygen atoms in total. The van der Waals surface area contributed by atoms with Gasteiger partial charge in [-0.2, -0.15) is 5.10 Å². The molecule has 1 aliphatic heterocycles. The number of nitrogens with two attached hydrogens (primary N) is 1. The molecule has 0 bridgehead atoms. The highest BCUT2D eigenvalue weighted by Crippen LogP contribution is 2.35. The molecule has 2 aromatic heterocycles. The van der Waals surface area contributed by atoms with E-state index in [-0.39, 0.29) is 19.1 Å². The summed E-state index contributed by atoms with van der Waals surface area (Å²) in [5, 5.41) is 17.2. The van der Waals surface area contributed by atoms with Crippen LogP contribution < -0.4 is 10.5 Å². The van der Waals surface area contributed by atoms with E-state index in [1.165, 1.54) is 0 Å². The first-order valence-corrected chi connectivity index (χ1v) is 12.2. The van der Waals surface area contributed by atoms with E-state index in [0.717, 1.165) is 44.9 Å². The van der Waals surface area contributed by atoms with Gasteiger partial charge in [0, 0.05) is 29.1 Å². The summed E-state index contributed by atoms with van der Waals surface area (Å²) in [5.41, 5.74) is 10.7. The number of anilines is 1. The van der Waals surface area contributed by atoms with Crippen molar-refractivity contribution in [2.45, 2.75) is 25.5 Å². The van der Waals surface area contributed by atoms with Gasteiger partial charge in [-0.1, -0.05) is 42.5 Å². The number of pyridine rings is 1. The third-order valence-corrected chi connectivity index (χ3v) is 6.86. The SMILES string of the molecule is Nc1nccc2c(-c3ccc4c(c3)c(COc3ccccc3CC(=O)O)nn4[C@@H]3CCOC3)cccc12. The summed E-state index contributed by atoms with van der Waals surface area (Å²) in [4.78, 5) is 15.5. The lowest BCUT2D eigenvalue weighted by Crippen LogP contribution is -2.11. The van der Waals surface area contributed by atoms with Crippen LogP contribution in [-0.2, 0) is 22.6 Å². The van der Waals surface area contributed by atoms with Crippen LogP contribution in [0.3, 0.4) is 0 Å². The Morgan fingerprint density at radius 3 is 2.81 bits per heavy atom. The molecule has 3 aromatic carbocycles. The van der Waals surface area contributed by atoms with Gasteiger partial charge in [0.05, 0.1) is 24.6 Å². The minimum Gasteiger partial charge on any atom is -0.487 e. The fourth-order valence-corrected chi connectivity index (χ4v) is 5.05. The number of carbonyl (C=O) groups is 1. The predicted molar refractivity (Wildman–Crippen MR) is 141 cm³/mol. The monoisotopic (exact) mass is 494 g/mol. The van der Waals surface area contributed by atoms with Gasteiger partial charge in [-0.25, -0.2) is 4.98 Å². The molecule has 1 fully saturated rings. The Hall–Kier alpha value is -4.43. The van der Waals surface area contributed by atoms with Crippen molar-refractivity contribution in [1.82, 2.24) is 14.8 Å². The molecule has 3 N–H and O–H groups in total. The lowest BCUT2D eigenvalue weighted by molar-refractivity contribution is -0.136. The van der Waals surface area contributed by atoms with Crippen LogP contribution >= 0.6 is 0 Å². The van der Waals surface area contributed by atoms with Gasteiger partial charge in [0.2, 0.25) is 0 Å². The minimum atomic E-state index is -0.900. The Balaban J connectivity index is 1.43. The van der Waals surface area contributed by atoms with Crippen LogP contribution in [0, 0.1) is 0 Å². The summed E-state index contributed by atoms with van der Waals surface area (Å²) in [6, 6.07) is 21.7. The van der Waals surface area contributed by atoms with Crippen LogP contribution in [0.5, 0.6) is 5.75 Å². The maximum absolute atomic E-state index is 11.3. The summed E-state index contributed by atoms with van der Waals surface area (Å²) in [5.74, 6) is 0.149. The molecular weight excluding hydrogens is 468 g/mol.